The first-order chi connectivity index (χ1) is 6.74. The van der Waals surface area contributed by atoms with E-state index in [0.717, 1.165) is 0 Å². The molecule has 2 aromatic rings. The average Bonchev–Trinajstić information content (AvgIpc) is 2.23. The topological polar surface area (TPSA) is 63.6 Å². The SMILES string of the molecule is N#Cc1nc2ccccc2[n+]([O-])c1Cl. The molecule has 68 valence electrons. The van der Waals surface area contributed by atoms with E-state index in [4.69, 9.17) is 16.9 Å². The van der Waals surface area contributed by atoms with Gasteiger partial charge in [-0.1, -0.05) is 12.1 Å². The summed E-state index contributed by atoms with van der Waals surface area (Å²) in [6.07, 6.45) is 0. The summed E-state index contributed by atoms with van der Waals surface area (Å²) >= 11 is 5.64. The minimum absolute atomic E-state index is 0.0552. The van der Waals surface area contributed by atoms with Crippen LogP contribution in [-0.4, -0.2) is 4.98 Å². The zero-order valence-electron chi connectivity index (χ0n) is 6.94. The molecule has 0 radical (unpaired) electrons. The van der Waals surface area contributed by atoms with Gasteiger partial charge in [-0.3, -0.25) is 0 Å². The van der Waals surface area contributed by atoms with Crippen LogP contribution in [0.15, 0.2) is 24.3 Å². The molecule has 0 aliphatic carbocycles. The van der Waals surface area contributed by atoms with Crippen LogP contribution < -0.4 is 4.73 Å². The van der Waals surface area contributed by atoms with Crippen LogP contribution in [0, 0.1) is 16.5 Å². The molecule has 2 rings (SSSR count). The van der Waals surface area contributed by atoms with Crippen LogP contribution in [0.3, 0.4) is 0 Å². The van der Waals surface area contributed by atoms with E-state index in [9.17, 15) is 5.21 Å². The lowest BCUT2D eigenvalue weighted by molar-refractivity contribution is -0.575. The Hall–Kier alpha value is -1.86. The Balaban J connectivity index is 2.94. The van der Waals surface area contributed by atoms with Crippen LogP contribution in [0.2, 0.25) is 5.15 Å². The predicted octanol–water partition coefficient (Wildman–Crippen LogP) is 1.39. The normalized spacial score (nSPS) is 10.0. The summed E-state index contributed by atoms with van der Waals surface area (Å²) in [5.41, 5.74) is 0.764. The van der Waals surface area contributed by atoms with E-state index in [0.29, 0.717) is 15.8 Å². The Morgan fingerprint density at radius 1 is 1.43 bits per heavy atom. The van der Waals surface area contributed by atoms with Crippen LogP contribution in [0.1, 0.15) is 5.69 Å². The number of aromatic nitrogens is 2. The first-order valence-electron chi connectivity index (χ1n) is 3.82. The number of nitrogens with zero attached hydrogens (tertiary/aromatic N) is 3. The highest BCUT2D eigenvalue weighted by Gasteiger charge is 2.15. The van der Waals surface area contributed by atoms with Gasteiger partial charge < -0.3 is 5.21 Å². The maximum Gasteiger partial charge on any atom is 0.323 e. The Kier molecular flexibility index (Phi) is 1.95. The molecule has 14 heavy (non-hydrogen) atoms. The monoisotopic (exact) mass is 205 g/mol. The molecule has 0 amide bonds. The predicted molar refractivity (Wildman–Crippen MR) is 50.4 cm³/mol. The first-order valence-corrected chi connectivity index (χ1v) is 4.19. The summed E-state index contributed by atoms with van der Waals surface area (Å²) < 4.78 is 0.502. The van der Waals surface area contributed by atoms with E-state index in [1.54, 1.807) is 30.3 Å². The van der Waals surface area contributed by atoms with E-state index in [2.05, 4.69) is 4.98 Å². The molecule has 0 aliphatic rings. The number of hydrogen-bond acceptors (Lipinski definition) is 3. The van der Waals surface area contributed by atoms with Crippen LogP contribution in [0.4, 0.5) is 0 Å². The van der Waals surface area contributed by atoms with Crippen LogP contribution >= 0.6 is 11.6 Å². The third-order valence-corrected chi connectivity index (χ3v) is 2.14. The zero-order chi connectivity index (χ0) is 10.1. The van der Waals surface area contributed by atoms with Gasteiger partial charge in [0.25, 0.3) is 0 Å². The van der Waals surface area contributed by atoms with Crippen molar-refractivity contribution >= 4 is 22.6 Å². The fourth-order valence-electron chi connectivity index (χ4n) is 1.17. The van der Waals surface area contributed by atoms with Crippen LogP contribution in [-0.2, 0) is 0 Å². The number of fused-ring (bicyclic) bond motifs is 1. The molecule has 1 aromatic heterocycles. The number of benzene rings is 1. The molecule has 0 unspecified atom stereocenters. The molecular weight excluding hydrogens is 202 g/mol. The lowest BCUT2D eigenvalue weighted by atomic mass is 10.3. The second kappa shape index (κ2) is 3.13. The molecular formula is C9H4ClN3O. The maximum atomic E-state index is 11.5. The molecule has 0 atom stereocenters. The van der Waals surface area contributed by atoms with Crippen LogP contribution in [0.5, 0.6) is 0 Å². The summed E-state index contributed by atoms with van der Waals surface area (Å²) in [6.45, 7) is 0. The largest absolute Gasteiger partial charge is 0.617 e. The van der Waals surface area contributed by atoms with Crippen molar-refractivity contribution in [2.24, 2.45) is 0 Å². The molecule has 0 fully saturated rings. The molecule has 0 N–H and O–H groups in total. The van der Waals surface area contributed by atoms with Gasteiger partial charge in [0, 0.05) is 6.07 Å². The highest BCUT2D eigenvalue weighted by Crippen LogP contribution is 2.13. The summed E-state index contributed by atoms with van der Waals surface area (Å²) in [4.78, 5) is 3.94. The number of nitriles is 1. The van der Waals surface area contributed by atoms with Gasteiger partial charge in [-0.25, -0.2) is 4.98 Å². The molecule has 1 aromatic carbocycles. The smallest absolute Gasteiger partial charge is 0.323 e. The average molecular weight is 206 g/mol. The van der Waals surface area contributed by atoms with E-state index in [1.165, 1.54) is 0 Å². The van der Waals surface area contributed by atoms with Gasteiger partial charge in [-0.2, -0.15) is 9.99 Å². The van der Waals surface area contributed by atoms with Crippen molar-refractivity contribution in [1.29, 1.82) is 5.26 Å². The molecule has 0 saturated carbocycles. The fraction of sp³-hybridized carbons (Fsp3) is 0. The van der Waals surface area contributed by atoms with Gasteiger partial charge in [-0.05, 0) is 17.7 Å². The molecule has 0 saturated heterocycles. The Bertz CT molecular complexity index is 547. The summed E-state index contributed by atoms with van der Waals surface area (Å²) in [5.74, 6) is 0. The van der Waals surface area contributed by atoms with Gasteiger partial charge in [-0.15, -0.1) is 0 Å². The number of hydrogen-bond donors (Lipinski definition) is 0. The van der Waals surface area contributed by atoms with Gasteiger partial charge >= 0.3 is 5.15 Å². The van der Waals surface area contributed by atoms with Crippen molar-refractivity contribution < 1.29 is 4.73 Å². The maximum absolute atomic E-state index is 11.5. The lowest BCUT2D eigenvalue weighted by Crippen LogP contribution is -2.30. The number of rotatable bonds is 0. The van der Waals surface area contributed by atoms with E-state index in [1.807, 2.05) is 0 Å². The number of halogens is 1. The number of para-hydroxylation sites is 2. The van der Waals surface area contributed by atoms with Crippen molar-refractivity contribution in [2.75, 3.05) is 0 Å². The minimum Gasteiger partial charge on any atom is -0.617 e. The summed E-state index contributed by atoms with van der Waals surface area (Å²) in [6, 6.07) is 8.47. The molecule has 0 aliphatic heterocycles. The standard InChI is InChI=1S/C9H4ClN3O/c10-9-7(5-11)12-6-3-1-2-4-8(6)13(9)14/h1-4H. The van der Waals surface area contributed by atoms with E-state index >= 15 is 0 Å². The molecule has 0 bridgehead atoms. The molecule has 4 nitrogen and oxygen atoms in total. The molecule has 0 spiro atoms. The van der Waals surface area contributed by atoms with Gasteiger partial charge in [0.05, 0.1) is 0 Å². The first kappa shape index (κ1) is 8.73. The Labute approximate surface area is 84.6 Å². The van der Waals surface area contributed by atoms with E-state index < -0.39 is 0 Å². The van der Waals surface area contributed by atoms with Gasteiger partial charge in [0.1, 0.15) is 11.6 Å². The minimum atomic E-state index is -0.189. The third kappa shape index (κ3) is 1.15. The third-order valence-electron chi connectivity index (χ3n) is 1.81. The van der Waals surface area contributed by atoms with Gasteiger partial charge in [0.15, 0.2) is 0 Å². The highest BCUT2D eigenvalue weighted by molar-refractivity contribution is 6.29. The Morgan fingerprint density at radius 2 is 2.14 bits per heavy atom. The van der Waals surface area contributed by atoms with Crippen molar-refractivity contribution in [1.82, 2.24) is 4.98 Å². The van der Waals surface area contributed by atoms with Crippen molar-refractivity contribution in [3.63, 3.8) is 0 Å². The molecule has 1 heterocycles. The van der Waals surface area contributed by atoms with Crippen molar-refractivity contribution in [2.45, 2.75) is 0 Å². The second-order valence-corrected chi connectivity index (χ2v) is 3.00. The quantitative estimate of drug-likeness (QED) is 0.482. The lowest BCUT2D eigenvalue weighted by Gasteiger charge is -2.02. The van der Waals surface area contributed by atoms with Crippen molar-refractivity contribution in [3.8, 4) is 6.07 Å². The fourth-order valence-corrected chi connectivity index (χ4v) is 1.35. The van der Waals surface area contributed by atoms with Gasteiger partial charge in [0.2, 0.25) is 11.2 Å². The second-order valence-electron chi connectivity index (χ2n) is 2.65. The zero-order valence-corrected chi connectivity index (χ0v) is 7.69. The Morgan fingerprint density at radius 3 is 2.86 bits per heavy atom. The molecule has 5 heteroatoms. The summed E-state index contributed by atoms with van der Waals surface area (Å²) in [7, 11) is 0. The van der Waals surface area contributed by atoms with Crippen LogP contribution in [0.25, 0.3) is 11.0 Å². The summed E-state index contributed by atoms with van der Waals surface area (Å²) in [5, 5.41) is 20.0. The highest BCUT2D eigenvalue weighted by atomic mass is 35.5. The van der Waals surface area contributed by atoms with Crippen molar-refractivity contribution in [3.05, 3.63) is 40.3 Å². The van der Waals surface area contributed by atoms with E-state index in [-0.39, 0.29) is 10.8 Å².